The maximum absolute atomic E-state index is 11.6. The number of phosphoric acid groups is 1. The van der Waals surface area contributed by atoms with Gasteiger partial charge < -0.3 is 19.6 Å². The highest BCUT2D eigenvalue weighted by molar-refractivity contribution is 7.46. The lowest BCUT2D eigenvalue weighted by atomic mass is 10.1. The van der Waals surface area contributed by atoms with Crippen molar-refractivity contribution in [1.82, 2.24) is 0 Å². The highest BCUT2D eigenvalue weighted by Gasteiger charge is 2.17. The van der Waals surface area contributed by atoms with E-state index in [2.05, 4.69) is 23.6 Å². The van der Waals surface area contributed by atoms with E-state index in [4.69, 9.17) is 14.5 Å². The van der Waals surface area contributed by atoms with Crippen LogP contribution in [0.4, 0.5) is 0 Å². The van der Waals surface area contributed by atoms with E-state index in [1.54, 1.807) is 0 Å². The lowest BCUT2D eigenvalue weighted by Gasteiger charge is -2.12. The molecule has 3 N–H and O–H groups in total. The molecule has 0 amide bonds. The standard InChI is InChI=1S/C25H49O7P/c1-2-3-4-5-6-7-8-9-10-11-12-13-14-15-16-17-18-19-20-21-25(27)31-22-24(26)23-32-33(28,29)30/h9-10,24,26H,2-8,11-23H2,1H3,(H2,28,29,30)/b10-9-/t24-/m1/s1. The fraction of sp³-hybridized carbons (Fsp3) is 0.880. The lowest BCUT2D eigenvalue weighted by Crippen LogP contribution is -2.23. The van der Waals surface area contributed by atoms with Gasteiger partial charge in [0.25, 0.3) is 0 Å². The quantitative estimate of drug-likeness (QED) is 0.0602. The molecular formula is C25H49O7P. The number of rotatable bonds is 24. The molecule has 0 aliphatic rings. The van der Waals surface area contributed by atoms with Crippen LogP contribution >= 0.6 is 7.82 Å². The second-order valence-electron chi connectivity index (χ2n) is 8.87. The van der Waals surface area contributed by atoms with Crippen molar-refractivity contribution >= 4 is 13.8 Å². The molecular weight excluding hydrogens is 443 g/mol. The number of hydrogen-bond acceptors (Lipinski definition) is 5. The maximum atomic E-state index is 11.6. The van der Waals surface area contributed by atoms with E-state index in [0.29, 0.717) is 6.42 Å². The number of aliphatic hydroxyl groups is 1. The van der Waals surface area contributed by atoms with Gasteiger partial charge in [-0.2, -0.15) is 0 Å². The van der Waals surface area contributed by atoms with E-state index in [1.165, 1.54) is 89.9 Å². The summed E-state index contributed by atoms with van der Waals surface area (Å²) in [6, 6.07) is 0. The van der Waals surface area contributed by atoms with Crippen LogP contribution in [0.1, 0.15) is 122 Å². The third kappa shape index (κ3) is 27.4. The summed E-state index contributed by atoms with van der Waals surface area (Å²) < 4.78 is 19.6. The van der Waals surface area contributed by atoms with E-state index in [1.807, 2.05) is 0 Å². The minimum absolute atomic E-state index is 0.290. The van der Waals surface area contributed by atoms with Crippen molar-refractivity contribution in [1.29, 1.82) is 0 Å². The molecule has 0 aromatic rings. The molecule has 33 heavy (non-hydrogen) atoms. The Morgan fingerprint density at radius 3 is 1.70 bits per heavy atom. The number of carbonyl (C=O) groups excluding carboxylic acids is 1. The van der Waals surface area contributed by atoms with Gasteiger partial charge in [0.15, 0.2) is 0 Å². The van der Waals surface area contributed by atoms with E-state index in [9.17, 15) is 14.5 Å². The number of esters is 1. The number of carbonyl (C=O) groups is 1. The van der Waals surface area contributed by atoms with Gasteiger partial charge in [0.05, 0.1) is 6.61 Å². The second kappa shape index (κ2) is 23.0. The fourth-order valence-corrected chi connectivity index (χ4v) is 3.91. The van der Waals surface area contributed by atoms with Crippen LogP contribution in [0.2, 0.25) is 0 Å². The van der Waals surface area contributed by atoms with Crippen LogP contribution in [-0.4, -0.2) is 40.2 Å². The predicted octanol–water partition coefficient (Wildman–Crippen LogP) is 6.60. The first kappa shape index (κ1) is 32.3. The van der Waals surface area contributed by atoms with Crippen LogP contribution in [0.3, 0.4) is 0 Å². The third-order valence-corrected chi connectivity index (χ3v) is 6.00. The SMILES string of the molecule is CCCCCCCC/C=C\CCCCCCCCCCCC(=O)OC[C@@H](O)COP(=O)(O)O. The third-order valence-electron chi connectivity index (χ3n) is 5.51. The monoisotopic (exact) mass is 492 g/mol. The normalized spacial score (nSPS) is 13.0. The molecule has 0 radical (unpaired) electrons. The molecule has 8 heteroatoms. The van der Waals surface area contributed by atoms with Crippen molar-refractivity contribution in [3.63, 3.8) is 0 Å². The molecule has 0 fully saturated rings. The van der Waals surface area contributed by atoms with Crippen LogP contribution in [-0.2, 0) is 18.6 Å². The highest BCUT2D eigenvalue weighted by atomic mass is 31.2. The second-order valence-corrected chi connectivity index (χ2v) is 10.1. The molecule has 0 saturated carbocycles. The van der Waals surface area contributed by atoms with Crippen molar-refractivity contribution in [3.8, 4) is 0 Å². The van der Waals surface area contributed by atoms with Crippen molar-refractivity contribution < 1.29 is 33.5 Å². The van der Waals surface area contributed by atoms with Gasteiger partial charge in [-0.3, -0.25) is 9.32 Å². The number of aliphatic hydroxyl groups excluding tert-OH is 1. The molecule has 0 spiro atoms. The van der Waals surface area contributed by atoms with E-state index < -0.39 is 26.5 Å². The first-order chi connectivity index (χ1) is 15.8. The van der Waals surface area contributed by atoms with Gasteiger partial charge in [0.2, 0.25) is 0 Å². The molecule has 0 aliphatic heterocycles. The Hall–Kier alpha value is -0.720. The molecule has 0 unspecified atom stereocenters. The molecule has 1 atom stereocenters. The zero-order valence-electron chi connectivity index (χ0n) is 20.8. The Morgan fingerprint density at radius 2 is 1.21 bits per heavy atom. The summed E-state index contributed by atoms with van der Waals surface area (Å²) in [7, 11) is -4.62. The number of hydrogen-bond donors (Lipinski definition) is 3. The summed E-state index contributed by atoms with van der Waals surface area (Å²) in [5.74, 6) is -0.411. The minimum Gasteiger partial charge on any atom is -0.463 e. The molecule has 0 bridgehead atoms. The molecule has 0 aromatic carbocycles. The molecule has 0 saturated heterocycles. The van der Waals surface area contributed by atoms with Crippen LogP contribution < -0.4 is 0 Å². The average molecular weight is 493 g/mol. The zero-order chi connectivity index (χ0) is 24.6. The minimum atomic E-state index is -4.62. The zero-order valence-corrected chi connectivity index (χ0v) is 21.7. The van der Waals surface area contributed by atoms with Crippen molar-refractivity contribution in [2.24, 2.45) is 0 Å². The van der Waals surface area contributed by atoms with E-state index >= 15 is 0 Å². The summed E-state index contributed by atoms with van der Waals surface area (Å²) in [6.07, 6.45) is 24.8. The predicted molar refractivity (Wildman–Crippen MR) is 133 cm³/mol. The smallest absolute Gasteiger partial charge is 0.463 e. The highest BCUT2D eigenvalue weighted by Crippen LogP contribution is 2.35. The Bertz CT molecular complexity index is 519. The van der Waals surface area contributed by atoms with Gasteiger partial charge in [-0.1, -0.05) is 96.1 Å². The number of phosphoric ester groups is 1. The largest absolute Gasteiger partial charge is 0.469 e. The van der Waals surface area contributed by atoms with Gasteiger partial charge in [-0.25, -0.2) is 4.57 Å². The maximum Gasteiger partial charge on any atom is 0.469 e. The topological polar surface area (TPSA) is 113 Å². The van der Waals surface area contributed by atoms with Gasteiger partial charge >= 0.3 is 13.8 Å². The summed E-state index contributed by atoms with van der Waals surface area (Å²) >= 11 is 0. The number of ether oxygens (including phenoxy) is 1. The first-order valence-corrected chi connectivity index (χ1v) is 14.6. The fourth-order valence-electron chi connectivity index (χ4n) is 3.54. The molecule has 0 aromatic heterocycles. The van der Waals surface area contributed by atoms with Gasteiger partial charge in [-0.05, 0) is 32.1 Å². The van der Waals surface area contributed by atoms with Crippen LogP contribution in [0.5, 0.6) is 0 Å². The van der Waals surface area contributed by atoms with E-state index in [-0.39, 0.29) is 6.61 Å². The number of allylic oxidation sites excluding steroid dienone is 2. The molecule has 0 heterocycles. The average Bonchev–Trinajstić information content (AvgIpc) is 2.77. The summed E-state index contributed by atoms with van der Waals surface area (Å²) in [6.45, 7) is 1.36. The number of unbranched alkanes of at least 4 members (excludes halogenated alkanes) is 15. The summed E-state index contributed by atoms with van der Waals surface area (Å²) in [4.78, 5) is 28.7. The first-order valence-electron chi connectivity index (χ1n) is 13.0. The van der Waals surface area contributed by atoms with Crippen LogP contribution in [0.15, 0.2) is 12.2 Å². The van der Waals surface area contributed by atoms with Gasteiger partial charge in [-0.15, -0.1) is 0 Å². The summed E-state index contributed by atoms with van der Waals surface area (Å²) in [5, 5.41) is 9.45. The molecule has 0 aliphatic carbocycles. The Balaban J connectivity index is 3.31. The van der Waals surface area contributed by atoms with E-state index in [0.717, 1.165) is 19.3 Å². The molecule has 7 nitrogen and oxygen atoms in total. The Labute approximate surface area is 201 Å². The van der Waals surface area contributed by atoms with Crippen molar-refractivity contribution in [3.05, 3.63) is 12.2 Å². The molecule has 0 rings (SSSR count). The van der Waals surface area contributed by atoms with Crippen LogP contribution in [0, 0.1) is 0 Å². The Kier molecular flexibility index (Phi) is 22.5. The lowest BCUT2D eigenvalue weighted by molar-refractivity contribution is -0.147. The van der Waals surface area contributed by atoms with Gasteiger partial charge in [0.1, 0.15) is 12.7 Å². The summed E-state index contributed by atoms with van der Waals surface area (Å²) in [5.41, 5.74) is 0. The van der Waals surface area contributed by atoms with Gasteiger partial charge in [0, 0.05) is 6.42 Å². The molecule has 196 valence electrons. The van der Waals surface area contributed by atoms with Crippen molar-refractivity contribution in [2.75, 3.05) is 13.2 Å². The van der Waals surface area contributed by atoms with Crippen molar-refractivity contribution in [2.45, 2.75) is 129 Å². The Morgan fingerprint density at radius 1 is 0.758 bits per heavy atom. The van der Waals surface area contributed by atoms with Crippen LogP contribution in [0.25, 0.3) is 0 Å².